The highest BCUT2D eigenvalue weighted by Crippen LogP contribution is 2.45. The standard InChI is InChI=1S/C36H46N2O8/c1-23(2)19-29-34(41)44-28(24(3)31-32(46-31)26-15-10-7-11-16-26)17-12-18-30(39)38-27(21-43-20-25-13-8-6-9-14-25)33(40)37-22-36(4,5)35(42)45-29/h6-16,18,23-24,27-29,31-32H,17,19-22H2,1-5H3,(H,37,40)(H,38,39)/b18-12+/t24-,27+,28-,29-,31-,32-/m0/s1. The Bertz CT molecular complexity index is 1360. The summed E-state index contributed by atoms with van der Waals surface area (Å²) in [6, 6.07) is 18.3. The summed E-state index contributed by atoms with van der Waals surface area (Å²) in [6.07, 6.45) is 1.27. The van der Waals surface area contributed by atoms with Gasteiger partial charge in [0.15, 0.2) is 6.10 Å². The topological polar surface area (TPSA) is 133 Å². The lowest BCUT2D eigenvalue weighted by molar-refractivity contribution is -0.179. The highest BCUT2D eigenvalue weighted by atomic mass is 16.6. The van der Waals surface area contributed by atoms with Gasteiger partial charge in [-0.2, -0.15) is 0 Å². The van der Waals surface area contributed by atoms with Crippen LogP contribution in [-0.4, -0.2) is 61.3 Å². The number of cyclic esters (lactones) is 2. The first kappa shape index (κ1) is 34.8. The second-order valence-corrected chi connectivity index (χ2v) is 13.1. The van der Waals surface area contributed by atoms with Gasteiger partial charge in [0.25, 0.3) is 0 Å². The molecule has 2 aliphatic heterocycles. The fraction of sp³-hybridized carbons (Fsp3) is 0.500. The number of hydrogen-bond donors (Lipinski definition) is 2. The normalized spacial score (nSPS) is 27.1. The summed E-state index contributed by atoms with van der Waals surface area (Å²) in [5.41, 5.74) is 0.770. The van der Waals surface area contributed by atoms with E-state index in [4.69, 9.17) is 18.9 Å². The van der Waals surface area contributed by atoms with E-state index in [1.807, 2.05) is 81.4 Å². The Hall–Kier alpha value is -4.02. The van der Waals surface area contributed by atoms with E-state index >= 15 is 0 Å². The van der Waals surface area contributed by atoms with E-state index in [1.165, 1.54) is 6.08 Å². The van der Waals surface area contributed by atoms with Crippen molar-refractivity contribution in [3.05, 3.63) is 83.9 Å². The number of benzene rings is 2. The van der Waals surface area contributed by atoms with E-state index in [0.717, 1.165) is 11.1 Å². The summed E-state index contributed by atoms with van der Waals surface area (Å²) >= 11 is 0. The molecule has 2 N–H and O–H groups in total. The smallest absolute Gasteiger partial charge is 0.347 e. The molecule has 2 amide bonds. The van der Waals surface area contributed by atoms with Crippen LogP contribution in [0, 0.1) is 17.3 Å². The van der Waals surface area contributed by atoms with Crippen molar-refractivity contribution in [2.75, 3.05) is 13.2 Å². The van der Waals surface area contributed by atoms with Gasteiger partial charge in [-0.05, 0) is 43.4 Å². The number of epoxide rings is 1. The number of hydrogen-bond acceptors (Lipinski definition) is 8. The lowest BCUT2D eigenvalue weighted by Gasteiger charge is -2.29. The molecule has 0 aromatic heterocycles. The number of ether oxygens (including phenoxy) is 4. The molecule has 0 bridgehead atoms. The molecule has 4 rings (SSSR count). The number of carbonyl (C=O) groups excluding carboxylic acids is 4. The van der Waals surface area contributed by atoms with Crippen molar-refractivity contribution in [3.63, 3.8) is 0 Å². The zero-order chi connectivity index (χ0) is 33.3. The summed E-state index contributed by atoms with van der Waals surface area (Å²) in [5, 5.41) is 5.45. The summed E-state index contributed by atoms with van der Waals surface area (Å²) in [6.45, 7) is 9.12. The number of carbonyl (C=O) groups is 4. The maximum Gasteiger partial charge on any atom is 0.347 e. The number of rotatable bonds is 9. The first-order chi connectivity index (χ1) is 21.9. The zero-order valence-corrected chi connectivity index (χ0v) is 27.3. The van der Waals surface area contributed by atoms with Crippen LogP contribution < -0.4 is 10.6 Å². The molecule has 0 radical (unpaired) electrons. The molecule has 0 aliphatic carbocycles. The minimum atomic E-state index is -1.18. The van der Waals surface area contributed by atoms with E-state index in [9.17, 15) is 19.2 Å². The van der Waals surface area contributed by atoms with Crippen molar-refractivity contribution in [2.45, 2.75) is 84.5 Å². The summed E-state index contributed by atoms with van der Waals surface area (Å²) in [4.78, 5) is 53.2. The second-order valence-electron chi connectivity index (χ2n) is 13.1. The molecule has 2 heterocycles. The van der Waals surface area contributed by atoms with Crippen molar-refractivity contribution >= 4 is 23.8 Å². The Morgan fingerprint density at radius 1 is 0.935 bits per heavy atom. The van der Waals surface area contributed by atoms with Crippen molar-refractivity contribution in [1.82, 2.24) is 10.6 Å². The largest absolute Gasteiger partial charge is 0.459 e. The fourth-order valence-corrected chi connectivity index (χ4v) is 5.23. The summed E-state index contributed by atoms with van der Waals surface area (Å²) in [5.74, 6) is -2.53. The first-order valence-corrected chi connectivity index (χ1v) is 15.9. The Morgan fingerprint density at radius 2 is 1.61 bits per heavy atom. The maximum atomic E-state index is 13.5. The van der Waals surface area contributed by atoms with Crippen molar-refractivity contribution in [1.29, 1.82) is 0 Å². The molecule has 248 valence electrons. The maximum absolute atomic E-state index is 13.5. The molecule has 10 nitrogen and oxygen atoms in total. The highest BCUT2D eigenvalue weighted by molar-refractivity contribution is 5.93. The van der Waals surface area contributed by atoms with Gasteiger partial charge in [-0.15, -0.1) is 0 Å². The molecule has 2 aromatic carbocycles. The van der Waals surface area contributed by atoms with Crippen LogP contribution in [0.15, 0.2) is 72.8 Å². The third kappa shape index (κ3) is 9.99. The molecule has 1 saturated heterocycles. The van der Waals surface area contributed by atoms with Gasteiger partial charge >= 0.3 is 11.9 Å². The van der Waals surface area contributed by atoms with E-state index in [-0.39, 0.29) is 56.6 Å². The fourth-order valence-electron chi connectivity index (χ4n) is 5.23. The Balaban J connectivity index is 1.55. The Morgan fingerprint density at radius 3 is 2.28 bits per heavy atom. The van der Waals surface area contributed by atoms with Gasteiger partial charge in [0.1, 0.15) is 18.2 Å². The predicted octanol–water partition coefficient (Wildman–Crippen LogP) is 4.44. The predicted molar refractivity (Wildman–Crippen MR) is 171 cm³/mol. The molecule has 0 spiro atoms. The number of amides is 2. The van der Waals surface area contributed by atoms with E-state index < -0.39 is 47.4 Å². The van der Waals surface area contributed by atoms with Gasteiger partial charge in [-0.3, -0.25) is 14.4 Å². The lowest BCUT2D eigenvalue weighted by atomic mass is 9.93. The van der Waals surface area contributed by atoms with Crippen LogP contribution in [0.4, 0.5) is 0 Å². The van der Waals surface area contributed by atoms with Gasteiger partial charge in [0, 0.05) is 18.9 Å². The van der Waals surface area contributed by atoms with Crippen LogP contribution >= 0.6 is 0 Å². The Kier molecular flexibility index (Phi) is 12.1. The molecular formula is C36H46N2O8. The third-order valence-electron chi connectivity index (χ3n) is 8.15. The average Bonchev–Trinajstić information content (AvgIpc) is 3.83. The van der Waals surface area contributed by atoms with Crippen LogP contribution in [0.3, 0.4) is 0 Å². The van der Waals surface area contributed by atoms with Crippen LogP contribution in [0.5, 0.6) is 0 Å². The Labute approximate surface area is 271 Å². The van der Waals surface area contributed by atoms with Gasteiger partial charge in [-0.1, -0.05) is 87.5 Å². The minimum absolute atomic E-state index is 0.0316. The van der Waals surface area contributed by atoms with Crippen LogP contribution in [-0.2, 0) is 44.7 Å². The highest BCUT2D eigenvalue weighted by Gasteiger charge is 2.48. The van der Waals surface area contributed by atoms with Gasteiger partial charge in [-0.25, -0.2) is 4.79 Å². The molecule has 2 aliphatic rings. The van der Waals surface area contributed by atoms with E-state index in [2.05, 4.69) is 10.6 Å². The average molecular weight is 635 g/mol. The van der Waals surface area contributed by atoms with E-state index in [1.54, 1.807) is 19.9 Å². The van der Waals surface area contributed by atoms with Crippen molar-refractivity contribution < 1.29 is 38.1 Å². The molecule has 1 fully saturated rings. The molecule has 10 heteroatoms. The lowest BCUT2D eigenvalue weighted by Crippen LogP contribution is -2.52. The number of nitrogens with one attached hydrogen (secondary N) is 2. The second kappa shape index (κ2) is 16.0. The zero-order valence-electron chi connectivity index (χ0n) is 27.3. The van der Waals surface area contributed by atoms with Crippen LogP contribution in [0.25, 0.3) is 0 Å². The van der Waals surface area contributed by atoms with Crippen molar-refractivity contribution in [3.8, 4) is 0 Å². The molecule has 46 heavy (non-hydrogen) atoms. The SMILES string of the molecule is CC(C)C[C@@H]1OC(=O)C(C)(C)CNC(=O)[C@@H](COCc2ccccc2)NC(=O)/C=C/C[C@@H]([C@H](C)[C@@H]2O[C@H]2c2ccccc2)OC1=O. The van der Waals surface area contributed by atoms with Crippen molar-refractivity contribution in [2.24, 2.45) is 17.3 Å². The quantitative estimate of drug-likeness (QED) is 0.306. The summed E-state index contributed by atoms with van der Waals surface area (Å²) in [7, 11) is 0. The minimum Gasteiger partial charge on any atom is -0.459 e. The molecular weight excluding hydrogens is 588 g/mol. The summed E-state index contributed by atoms with van der Waals surface area (Å²) < 4.78 is 23.6. The first-order valence-electron chi connectivity index (χ1n) is 15.9. The van der Waals surface area contributed by atoms with Gasteiger partial charge < -0.3 is 29.6 Å². The van der Waals surface area contributed by atoms with Crippen LogP contribution in [0.2, 0.25) is 0 Å². The molecule has 0 saturated carbocycles. The molecule has 2 aromatic rings. The molecule has 6 atom stereocenters. The number of esters is 2. The molecule has 0 unspecified atom stereocenters. The monoisotopic (exact) mass is 634 g/mol. The van der Waals surface area contributed by atoms with Gasteiger partial charge in [0.05, 0.1) is 24.7 Å². The van der Waals surface area contributed by atoms with E-state index in [0.29, 0.717) is 0 Å². The van der Waals surface area contributed by atoms with Crippen LogP contribution in [0.1, 0.15) is 64.7 Å². The third-order valence-corrected chi connectivity index (χ3v) is 8.15. The van der Waals surface area contributed by atoms with Gasteiger partial charge in [0.2, 0.25) is 11.8 Å².